The molecule has 0 spiro atoms. The van der Waals surface area contributed by atoms with Crippen molar-refractivity contribution in [3.8, 4) is 11.8 Å². The Hall–Kier alpha value is -3.61. The van der Waals surface area contributed by atoms with E-state index in [-0.39, 0.29) is 6.54 Å². The maximum atomic E-state index is 10.5. The van der Waals surface area contributed by atoms with Gasteiger partial charge in [-0.2, -0.15) is 9.94 Å². The van der Waals surface area contributed by atoms with E-state index < -0.39 is 10.9 Å². The van der Waals surface area contributed by atoms with Crippen LogP contribution in [0.15, 0.2) is 36.8 Å². The average Bonchev–Trinajstić information content (AvgIpc) is 3.17. The monoisotopic (exact) mass is 296 g/mol. The highest BCUT2D eigenvalue weighted by molar-refractivity contribution is 5.40. The quantitative estimate of drug-likeness (QED) is 0.511. The zero-order valence-electron chi connectivity index (χ0n) is 11.1. The summed E-state index contributed by atoms with van der Waals surface area (Å²) in [4.78, 5) is 13.4. The summed E-state index contributed by atoms with van der Waals surface area (Å²) >= 11 is 0. The molecule has 1 aromatic carbocycles. The molecular weight excluding hydrogens is 288 g/mol. The maximum Gasteiger partial charge on any atom is 0.490 e. The Kier molecular flexibility index (Phi) is 3.29. The van der Waals surface area contributed by atoms with Gasteiger partial charge in [-0.1, -0.05) is 16.3 Å². The normalized spacial score (nSPS) is 10.3. The van der Waals surface area contributed by atoms with Gasteiger partial charge in [0, 0.05) is 5.10 Å². The van der Waals surface area contributed by atoms with Crippen molar-refractivity contribution >= 4 is 5.95 Å². The molecule has 0 saturated heterocycles. The Morgan fingerprint density at radius 2 is 2.27 bits per heavy atom. The molecule has 0 bridgehead atoms. The highest BCUT2D eigenvalue weighted by Gasteiger charge is 2.14. The molecule has 0 atom stereocenters. The first kappa shape index (κ1) is 13.4. The van der Waals surface area contributed by atoms with Gasteiger partial charge in [-0.25, -0.2) is 4.68 Å². The van der Waals surface area contributed by atoms with Crippen molar-refractivity contribution in [3.63, 3.8) is 0 Å². The van der Waals surface area contributed by atoms with Gasteiger partial charge in [0.15, 0.2) is 0 Å². The van der Waals surface area contributed by atoms with Gasteiger partial charge in [0.2, 0.25) is 6.33 Å². The lowest BCUT2D eigenvalue weighted by atomic mass is 10.2. The summed E-state index contributed by atoms with van der Waals surface area (Å²) in [5.41, 5.74) is 1.77. The molecule has 0 amide bonds. The fourth-order valence-electron chi connectivity index (χ4n) is 1.83. The Morgan fingerprint density at radius 3 is 3.00 bits per heavy atom. The van der Waals surface area contributed by atoms with Crippen LogP contribution in [0, 0.1) is 21.4 Å². The predicted octanol–water partition coefficient (Wildman–Crippen LogP) is 0.687. The van der Waals surface area contributed by atoms with Gasteiger partial charge in [0.1, 0.15) is 12.2 Å². The summed E-state index contributed by atoms with van der Waals surface area (Å²) in [5, 5.41) is 31.0. The first-order chi connectivity index (χ1) is 10.7. The van der Waals surface area contributed by atoms with Gasteiger partial charge in [-0.15, -0.1) is 5.10 Å². The molecule has 2 aromatic heterocycles. The van der Waals surface area contributed by atoms with Crippen LogP contribution in [0.3, 0.4) is 0 Å². The number of nitriles is 1. The number of nitrogens with zero attached hydrogens (tertiary/aromatic N) is 8. The van der Waals surface area contributed by atoms with E-state index in [9.17, 15) is 10.1 Å². The van der Waals surface area contributed by atoms with E-state index in [1.54, 1.807) is 30.5 Å². The van der Waals surface area contributed by atoms with Crippen molar-refractivity contribution in [2.75, 3.05) is 0 Å². The van der Waals surface area contributed by atoms with Crippen molar-refractivity contribution in [2.24, 2.45) is 0 Å². The van der Waals surface area contributed by atoms with Gasteiger partial charge in [-0.3, -0.25) is 0 Å². The Labute approximate surface area is 123 Å². The third-order valence-corrected chi connectivity index (χ3v) is 2.79. The Morgan fingerprint density at radius 1 is 1.41 bits per heavy atom. The summed E-state index contributed by atoms with van der Waals surface area (Å²) < 4.78 is 2.82. The fourth-order valence-corrected chi connectivity index (χ4v) is 1.83. The van der Waals surface area contributed by atoms with Crippen LogP contribution in [0.4, 0.5) is 5.95 Å². The summed E-state index contributed by atoms with van der Waals surface area (Å²) in [6.45, 7) is 0.207. The fraction of sp³-hybridized carbons (Fsp3) is 0.0833. The van der Waals surface area contributed by atoms with Crippen LogP contribution < -0.4 is 0 Å². The van der Waals surface area contributed by atoms with Gasteiger partial charge >= 0.3 is 5.95 Å². The van der Waals surface area contributed by atoms with E-state index in [2.05, 4.69) is 20.4 Å². The first-order valence-corrected chi connectivity index (χ1v) is 6.11. The van der Waals surface area contributed by atoms with E-state index in [1.807, 2.05) is 6.07 Å². The molecular formula is C12H8N8O2. The highest BCUT2D eigenvalue weighted by atomic mass is 16.6. The number of hydrogen-bond donors (Lipinski definition) is 0. The lowest BCUT2D eigenvalue weighted by Crippen LogP contribution is -2.01. The van der Waals surface area contributed by atoms with Gasteiger partial charge < -0.3 is 10.1 Å². The second kappa shape index (κ2) is 5.41. The molecule has 0 unspecified atom stereocenters. The van der Waals surface area contributed by atoms with Crippen LogP contribution in [0.25, 0.3) is 5.69 Å². The molecule has 0 fully saturated rings. The average molecular weight is 296 g/mol. The smallest absolute Gasteiger partial charge is 0.390 e. The second-order valence-electron chi connectivity index (χ2n) is 4.32. The van der Waals surface area contributed by atoms with Crippen LogP contribution in [-0.2, 0) is 6.54 Å². The second-order valence-corrected chi connectivity index (χ2v) is 4.32. The number of aromatic nitrogens is 6. The van der Waals surface area contributed by atoms with E-state index in [0.717, 1.165) is 0 Å². The van der Waals surface area contributed by atoms with Crippen LogP contribution in [0.1, 0.15) is 11.3 Å². The lowest BCUT2D eigenvalue weighted by Gasteiger charge is -1.99. The molecule has 3 rings (SSSR count). The first-order valence-electron chi connectivity index (χ1n) is 6.11. The maximum absolute atomic E-state index is 10.5. The topological polar surface area (TPSA) is 128 Å². The van der Waals surface area contributed by atoms with Gasteiger partial charge in [0.05, 0.1) is 23.5 Å². The number of benzene rings is 1. The lowest BCUT2D eigenvalue weighted by molar-refractivity contribution is -0.394. The van der Waals surface area contributed by atoms with E-state index in [0.29, 0.717) is 16.9 Å². The SMILES string of the molecule is N#Cc1cccc(-n2cc(Cn3cnc([N+](=O)[O-])n3)nn2)c1. The molecule has 10 heteroatoms. The molecule has 3 aromatic rings. The van der Waals surface area contributed by atoms with E-state index in [1.165, 1.54) is 15.7 Å². The summed E-state index contributed by atoms with van der Waals surface area (Å²) in [6, 6.07) is 8.96. The molecule has 22 heavy (non-hydrogen) atoms. The van der Waals surface area contributed by atoms with Crippen molar-refractivity contribution in [1.82, 2.24) is 29.8 Å². The minimum absolute atomic E-state index is 0.207. The highest BCUT2D eigenvalue weighted by Crippen LogP contribution is 2.10. The van der Waals surface area contributed by atoms with Crippen molar-refractivity contribution in [3.05, 3.63) is 58.2 Å². The van der Waals surface area contributed by atoms with Crippen LogP contribution >= 0.6 is 0 Å². The molecule has 0 aliphatic carbocycles. The molecule has 0 N–H and O–H groups in total. The zero-order valence-corrected chi connectivity index (χ0v) is 11.1. The molecule has 0 aliphatic heterocycles. The number of rotatable bonds is 4. The van der Waals surface area contributed by atoms with Crippen molar-refractivity contribution < 1.29 is 4.92 Å². The van der Waals surface area contributed by atoms with E-state index in [4.69, 9.17) is 5.26 Å². The zero-order chi connectivity index (χ0) is 15.5. The van der Waals surface area contributed by atoms with Gasteiger partial charge in [0.25, 0.3) is 0 Å². The Balaban J connectivity index is 1.81. The molecule has 0 aliphatic rings. The standard InChI is InChI=1S/C12H8N8O2/c13-5-9-2-1-3-11(4-9)19-7-10(15-17-19)6-18-8-14-12(16-18)20(21)22/h1-4,7-8H,6H2. The third kappa shape index (κ3) is 2.63. The minimum atomic E-state index is -0.666. The largest absolute Gasteiger partial charge is 0.490 e. The molecule has 2 heterocycles. The van der Waals surface area contributed by atoms with Gasteiger partial charge in [-0.05, 0) is 23.1 Å². The van der Waals surface area contributed by atoms with E-state index >= 15 is 0 Å². The minimum Gasteiger partial charge on any atom is -0.390 e. The van der Waals surface area contributed by atoms with Crippen LogP contribution in [-0.4, -0.2) is 34.7 Å². The molecule has 108 valence electrons. The van der Waals surface area contributed by atoms with Crippen molar-refractivity contribution in [2.45, 2.75) is 6.54 Å². The third-order valence-electron chi connectivity index (χ3n) is 2.79. The molecule has 0 saturated carbocycles. The Bertz CT molecular complexity index is 875. The molecule has 10 nitrogen and oxygen atoms in total. The van der Waals surface area contributed by atoms with Crippen LogP contribution in [0.5, 0.6) is 0 Å². The van der Waals surface area contributed by atoms with Crippen molar-refractivity contribution in [1.29, 1.82) is 5.26 Å². The summed E-state index contributed by atoms with van der Waals surface area (Å²) in [5.74, 6) is -0.464. The summed E-state index contributed by atoms with van der Waals surface area (Å²) in [6.07, 6.45) is 2.91. The molecule has 0 radical (unpaired) electrons. The summed E-state index contributed by atoms with van der Waals surface area (Å²) in [7, 11) is 0. The van der Waals surface area contributed by atoms with Crippen LogP contribution in [0.2, 0.25) is 0 Å². The number of nitro groups is 1. The predicted molar refractivity (Wildman–Crippen MR) is 71.9 cm³/mol. The number of hydrogen-bond acceptors (Lipinski definition) is 7.